The average Bonchev–Trinajstić information content (AvgIpc) is 2.24. The summed E-state index contributed by atoms with van der Waals surface area (Å²) >= 11 is 0. The summed E-state index contributed by atoms with van der Waals surface area (Å²) in [5, 5.41) is 1.29. The molecule has 1 unspecified atom stereocenters. The van der Waals surface area contributed by atoms with Gasteiger partial charge in [0.15, 0.2) is 0 Å². The van der Waals surface area contributed by atoms with Gasteiger partial charge >= 0.3 is 0 Å². The molecule has 0 aliphatic carbocycles. The maximum Gasteiger partial charge on any atom is -0.00170 e. The van der Waals surface area contributed by atoms with Crippen LogP contribution in [0.5, 0.6) is 0 Å². The summed E-state index contributed by atoms with van der Waals surface area (Å²) in [6.07, 6.45) is 1.02. The highest BCUT2D eigenvalue weighted by molar-refractivity contribution is 7.27. The molecule has 0 heterocycles. The second-order valence-electron chi connectivity index (χ2n) is 3.80. The SMILES string of the molecule is Cc1ccccc1Cc1ccccc1P. The number of rotatable bonds is 2. The molecule has 2 aromatic rings. The fourth-order valence-electron chi connectivity index (χ4n) is 1.71. The molecule has 0 saturated carbocycles. The van der Waals surface area contributed by atoms with Crippen LogP contribution in [-0.2, 0) is 6.42 Å². The molecule has 0 spiro atoms. The van der Waals surface area contributed by atoms with Gasteiger partial charge in [0.1, 0.15) is 0 Å². The van der Waals surface area contributed by atoms with E-state index in [0.717, 1.165) is 6.42 Å². The normalized spacial score (nSPS) is 10.3. The predicted molar refractivity (Wildman–Crippen MR) is 69.8 cm³/mol. The topological polar surface area (TPSA) is 0 Å². The first kappa shape index (κ1) is 10.4. The van der Waals surface area contributed by atoms with E-state index < -0.39 is 0 Å². The molecule has 0 fully saturated rings. The summed E-state index contributed by atoms with van der Waals surface area (Å²) in [4.78, 5) is 0. The Bertz CT molecular complexity index is 417. The van der Waals surface area contributed by atoms with Crippen LogP contribution in [0.1, 0.15) is 16.7 Å². The van der Waals surface area contributed by atoms with Crippen LogP contribution in [-0.4, -0.2) is 0 Å². The first-order valence-electron chi connectivity index (χ1n) is 5.15. The molecule has 0 aliphatic heterocycles. The zero-order valence-corrected chi connectivity index (χ0v) is 10.1. The third kappa shape index (κ3) is 2.46. The van der Waals surface area contributed by atoms with E-state index in [1.165, 1.54) is 22.0 Å². The summed E-state index contributed by atoms with van der Waals surface area (Å²) in [6, 6.07) is 17.1. The Balaban J connectivity index is 2.30. The number of benzene rings is 2. The summed E-state index contributed by atoms with van der Waals surface area (Å²) < 4.78 is 0. The number of aryl methyl sites for hydroxylation is 1. The van der Waals surface area contributed by atoms with Crippen LogP contribution in [0.4, 0.5) is 0 Å². The molecule has 0 aliphatic rings. The van der Waals surface area contributed by atoms with Crippen molar-refractivity contribution >= 4 is 14.5 Å². The maximum atomic E-state index is 2.80. The lowest BCUT2D eigenvalue weighted by molar-refractivity contribution is 1.17. The minimum atomic E-state index is 1.02. The molecular formula is C14H15P. The van der Waals surface area contributed by atoms with Gasteiger partial charge in [0.25, 0.3) is 0 Å². The molecule has 0 radical (unpaired) electrons. The highest BCUT2D eigenvalue weighted by Crippen LogP contribution is 2.13. The molecule has 1 atom stereocenters. The van der Waals surface area contributed by atoms with Gasteiger partial charge in [0, 0.05) is 0 Å². The van der Waals surface area contributed by atoms with Gasteiger partial charge in [-0.1, -0.05) is 48.5 Å². The van der Waals surface area contributed by atoms with Gasteiger partial charge in [-0.15, -0.1) is 9.24 Å². The lowest BCUT2D eigenvalue weighted by Crippen LogP contribution is -2.02. The summed E-state index contributed by atoms with van der Waals surface area (Å²) in [7, 11) is 2.80. The van der Waals surface area contributed by atoms with E-state index in [2.05, 4.69) is 64.7 Å². The van der Waals surface area contributed by atoms with Crippen LogP contribution in [0, 0.1) is 6.92 Å². The molecule has 0 amide bonds. The van der Waals surface area contributed by atoms with Gasteiger partial charge in [-0.05, 0) is 35.3 Å². The summed E-state index contributed by atoms with van der Waals surface area (Å²) in [6.45, 7) is 2.17. The van der Waals surface area contributed by atoms with Crippen molar-refractivity contribution in [2.45, 2.75) is 13.3 Å². The Kier molecular flexibility index (Phi) is 3.18. The molecule has 0 N–H and O–H groups in total. The predicted octanol–water partition coefficient (Wildman–Crippen LogP) is 3.09. The Morgan fingerprint density at radius 2 is 1.47 bits per heavy atom. The maximum absolute atomic E-state index is 2.80. The molecule has 1 heteroatoms. The van der Waals surface area contributed by atoms with E-state index in [1.54, 1.807) is 0 Å². The van der Waals surface area contributed by atoms with Gasteiger partial charge in [-0.25, -0.2) is 0 Å². The van der Waals surface area contributed by atoms with Crippen LogP contribution in [0.15, 0.2) is 48.5 Å². The lowest BCUT2D eigenvalue weighted by atomic mass is 10.0. The molecule has 0 nitrogen and oxygen atoms in total. The summed E-state index contributed by atoms with van der Waals surface area (Å²) in [5.74, 6) is 0. The third-order valence-corrected chi connectivity index (χ3v) is 3.26. The molecule has 0 aromatic heterocycles. The molecule has 2 aromatic carbocycles. The number of hydrogen-bond acceptors (Lipinski definition) is 0. The first-order chi connectivity index (χ1) is 7.27. The first-order valence-corrected chi connectivity index (χ1v) is 5.73. The van der Waals surface area contributed by atoms with Crippen molar-refractivity contribution in [3.63, 3.8) is 0 Å². The van der Waals surface area contributed by atoms with Crippen molar-refractivity contribution in [2.24, 2.45) is 0 Å². The number of hydrogen-bond donors (Lipinski definition) is 0. The zero-order chi connectivity index (χ0) is 10.7. The van der Waals surface area contributed by atoms with Crippen molar-refractivity contribution in [3.8, 4) is 0 Å². The lowest BCUT2D eigenvalue weighted by Gasteiger charge is -2.07. The molecule has 0 saturated heterocycles. The van der Waals surface area contributed by atoms with E-state index in [0.29, 0.717) is 0 Å². The largest absolute Gasteiger partial charge is 0.105 e. The van der Waals surface area contributed by atoms with Crippen LogP contribution in [0.25, 0.3) is 0 Å². The van der Waals surface area contributed by atoms with Crippen molar-refractivity contribution < 1.29 is 0 Å². The van der Waals surface area contributed by atoms with E-state index in [9.17, 15) is 0 Å². The van der Waals surface area contributed by atoms with Gasteiger partial charge in [-0.2, -0.15) is 0 Å². The smallest absolute Gasteiger partial charge is 0.00170 e. The van der Waals surface area contributed by atoms with Crippen molar-refractivity contribution in [2.75, 3.05) is 0 Å². The van der Waals surface area contributed by atoms with Crippen LogP contribution in [0.3, 0.4) is 0 Å². The average molecular weight is 214 g/mol. The zero-order valence-electron chi connectivity index (χ0n) is 8.90. The van der Waals surface area contributed by atoms with Gasteiger partial charge in [0.2, 0.25) is 0 Å². The van der Waals surface area contributed by atoms with Gasteiger partial charge < -0.3 is 0 Å². The monoisotopic (exact) mass is 214 g/mol. The minimum Gasteiger partial charge on any atom is -0.105 e. The third-order valence-electron chi connectivity index (χ3n) is 2.70. The molecule has 0 bridgehead atoms. The minimum absolute atomic E-state index is 1.02. The van der Waals surface area contributed by atoms with E-state index in [1.807, 2.05) is 0 Å². The highest BCUT2D eigenvalue weighted by Gasteiger charge is 2.01. The highest BCUT2D eigenvalue weighted by atomic mass is 31.0. The Morgan fingerprint density at radius 3 is 2.13 bits per heavy atom. The van der Waals surface area contributed by atoms with Crippen LogP contribution < -0.4 is 5.30 Å². The van der Waals surface area contributed by atoms with Crippen LogP contribution in [0.2, 0.25) is 0 Å². The molecule has 15 heavy (non-hydrogen) atoms. The molecule has 76 valence electrons. The van der Waals surface area contributed by atoms with E-state index in [4.69, 9.17) is 0 Å². The van der Waals surface area contributed by atoms with Crippen molar-refractivity contribution in [1.29, 1.82) is 0 Å². The second kappa shape index (κ2) is 4.59. The fourth-order valence-corrected chi connectivity index (χ4v) is 2.02. The van der Waals surface area contributed by atoms with Crippen molar-refractivity contribution in [3.05, 3.63) is 65.2 Å². The Morgan fingerprint density at radius 1 is 0.867 bits per heavy atom. The Hall–Kier alpha value is -1.13. The van der Waals surface area contributed by atoms with Gasteiger partial charge in [-0.3, -0.25) is 0 Å². The standard InChI is InChI=1S/C14H15P/c1-11-6-2-3-7-12(11)10-13-8-4-5-9-14(13)15/h2-9H,10,15H2,1H3. The molecular weight excluding hydrogens is 199 g/mol. The fraction of sp³-hybridized carbons (Fsp3) is 0.143. The van der Waals surface area contributed by atoms with Gasteiger partial charge in [0.05, 0.1) is 0 Å². The van der Waals surface area contributed by atoms with E-state index in [-0.39, 0.29) is 0 Å². The van der Waals surface area contributed by atoms with E-state index >= 15 is 0 Å². The second-order valence-corrected chi connectivity index (χ2v) is 4.42. The molecule has 2 rings (SSSR count). The summed E-state index contributed by atoms with van der Waals surface area (Å²) in [5.41, 5.74) is 4.16. The van der Waals surface area contributed by atoms with Crippen molar-refractivity contribution in [1.82, 2.24) is 0 Å². The quantitative estimate of drug-likeness (QED) is 0.674. The Labute approximate surface area is 93.5 Å². The van der Waals surface area contributed by atoms with Crippen LogP contribution >= 0.6 is 9.24 Å².